The third kappa shape index (κ3) is 6.66. The van der Waals surface area contributed by atoms with E-state index < -0.39 is 69.7 Å². The van der Waals surface area contributed by atoms with Gasteiger partial charge in [0.2, 0.25) is 34.4 Å². The standard InChI is InChI=1S/C49H28Cl5F3N3O6/c1-46-41(44(63)60(45(46)64)36-22-33(53)19-34(54)23-36)48(46,28-6-12-30(50)13-7-28)29-10-16-38(17-11-29)66-58-24-25-2-4-26(5-3-25)47(27-8-14-37(15-9-27)65-49(55,56)57)39-40(47)43(62)59(42(39)61)35-20-31(51)18-32(52)21-35/h2-23,39-41H,1H3/q+1/t39-,40+,41-,46-,47?,48-/m1/s1. The Morgan fingerprint density at radius 1 is 0.561 bits per heavy atom. The Balaban J connectivity index is 0.910. The molecule has 9 nitrogen and oxygen atoms in total. The maximum absolute atomic E-state index is 14.3. The smallest absolute Gasteiger partial charge is 0.406 e. The van der Waals surface area contributed by atoms with Crippen molar-refractivity contribution in [2.75, 3.05) is 9.80 Å². The number of halogens is 8. The number of ether oxygens (including phenoxy) is 1. The maximum atomic E-state index is 14.3. The lowest BCUT2D eigenvalue weighted by Crippen LogP contribution is -2.42. The number of imide groups is 2. The Morgan fingerprint density at radius 2 is 1.00 bits per heavy atom. The number of anilines is 2. The lowest BCUT2D eigenvalue weighted by Gasteiger charge is -2.29. The summed E-state index contributed by atoms with van der Waals surface area (Å²) in [5.74, 6) is -4.50. The summed E-state index contributed by atoms with van der Waals surface area (Å²) in [7, 11) is 0. The highest BCUT2D eigenvalue weighted by Gasteiger charge is 2.87. The van der Waals surface area contributed by atoms with Crippen molar-refractivity contribution >= 4 is 93.0 Å². The summed E-state index contributed by atoms with van der Waals surface area (Å²) in [5.41, 5.74) is -0.0491. The molecular weight excluding hydrogens is 961 g/mol. The van der Waals surface area contributed by atoms with E-state index in [-0.39, 0.29) is 31.5 Å². The molecule has 6 atom stereocenters. The second kappa shape index (κ2) is 15.5. The van der Waals surface area contributed by atoms with Gasteiger partial charge in [-0.25, -0.2) is 9.80 Å². The van der Waals surface area contributed by atoms with Crippen molar-refractivity contribution in [3.8, 4) is 17.6 Å². The Labute approximate surface area is 398 Å². The Hall–Kier alpha value is -6.07. The van der Waals surface area contributed by atoms with E-state index in [1.54, 1.807) is 67.6 Å². The van der Waals surface area contributed by atoms with Gasteiger partial charge < -0.3 is 4.74 Å². The van der Waals surface area contributed by atoms with E-state index in [0.717, 1.165) is 27.5 Å². The number of benzene rings is 6. The first kappa shape index (κ1) is 43.8. The van der Waals surface area contributed by atoms with Crippen LogP contribution in [-0.2, 0) is 30.0 Å². The maximum Gasteiger partial charge on any atom is 0.573 e. The van der Waals surface area contributed by atoms with Crippen molar-refractivity contribution < 1.29 is 41.9 Å². The number of carbonyl (C=O) groups is 4. The number of hydrogen-bond acceptors (Lipinski definition) is 6. The van der Waals surface area contributed by atoms with Crippen LogP contribution in [0.25, 0.3) is 5.01 Å². The SMILES string of the molecule is C[C@]12C(=O)N(c3cc(Cl)cc(Cl)c3)C(=O)[C@H]1[C@@]2(c1ccc(Cl)cc1)c1ccc(O[N+]#Cc2ccc(C3(c4ccc(OC(F)(F)F)cc4)[C@@H]4C(=O)N(c5cc(Cl)cc(Cl)c5)C(=O)[C@@H]43)cc2)cc1. The highest BCUT2D eigenvalue weighted by Crippen LogP contribution is 2.77. The fraction of sp³-hybridized carbons (Fsp3) is 0.163. The van der Waals surface area contributed by atoms with Crippen LogP contribution in [0, 0.1) is 29.2 Å². The second-order valence-corrected chi connectivity index (χ2v) is 18.7. The topological polar surface area (TPSA) is 97.6 Å². The fourth-order valence-electron chi connectivity index (χ4n) is 10.4. The van der Waals surface area contributed by atoms with Gasteiger partial charge in [0.15, 0.2) is 0 Å². The zero-order chi connectivity index (χ0) is 46.7. The summed E-state index contributed by atoms with van der Waals surface area (Å²) in [6.45, 7) is 1.77. The predicted octanol–water partition coefficient (Wildman–Crippen LogP) is 12.1. The number of nitrogens with zero attached hydrogens (tertiary/aromatic N) is 3. The number of hydrogen-bond donors (Lipinski definition) is 0. The second-order valence-electron chi connectivity index (χ2n) is 16.5. The van der Waals surface area contributed by atoms with Crippen LogP contribution >= 0.6 is 58.0 Å². The zero-order valence-corrected chi connectivity index (χ0v) is 37.5. The minimum absolute atomic E-state index is 0.205. The molecule has 0 spiro atoms. The molecule has 0 aromatic heterocycles. The molecule has 4 aliphatic rings. The first-order valence-corrected chi connectivity index (χ1v) is 21.9. The minimum atomic E-state index is -4.92. The average Bonchev–Trinajstić information content (AvgIpc) is 4.05. The third-order valence-electron chi connectivity index (χ3n) is 13.1. The van der Waals surface area contributed by atoms with Gasteiger partial charge in [-0.2, -0.15) is 0 Å². The van der Waals surface area contributed by atoms with Crippen LogP contribution in [-0.4, -0.2) is 30.0 Å². The molecular formula is C49H28Cl5F3N3O6+. The van der Waals surface area contributed by atoms with Crippen LogP contribution in [0.4, 0.5) is 24.5 Å². The minimum Gasteiger partial charge on any atom is -0.406 e. The first-order valence-electron chi connectivity index (χ1n) is 20.0. The average molecular weight is 989 g/mol. The van der Waals surface area contributed by atoms with Crippen molar-refractivity contribution in [3.63, 3.8) is 0 Å². The van der Waals surface area contributed by atoms with E-state index in [9.17, 15) is 32.3 Å². The van der Waals surface area contributed by atoms with E-state index in [1.807, 2.05) is 12.1 Å². The number of piperidine rings is 2. The quantitative estimate of drug-likeness (QED) is 0.111. The zero-order valence-electron chi connectivity index (χ0n) is 33.7. The lowest BCUT2D eigenvalue weighted by molar-refractivity contribution is -0.274. The van der Waals surface area contributed by atoms with Gasteiger partial charge in [-0.05, 0) is 114 Å². The van der Waals surface area contributed by atoms with Crippen molar-refractivity contribution in [1.29, 1.82) is 0 Å². The van der Waals surface area contributed by atoms with Crippen LogP contribution < -0.4 is 19.4 Å². The Morgan fingerprint density at radius 3 is 1.47 bits per heavy atom. The number of amides is 4. The summed E-state index contributed by atoms with van der Waals surface area (Å²) >= 11 is 31.1. The molecule has 0 bridgehead atoms. The van der Waals surface area contributed by atoms with Crippen LogP contribution in [0.1, 0.15) is 34.7 Å². The van der Waals surface area contributed by atoms with Gasteiger partial charge in [0.1, 0.15) is 11.3 Å². The molecule has 0 N–H and O–H groups in total. The lowest BCUT2D eigenvalue weighted by atomic mass is 9.79. The monoisotopic (exact) mass is 986 g/mol. The molecule has 2 heterocycles. The summed E-state index contributed by atoms with van der Waals surface area (Å²) in [6.07, 6.45) is -4.92. The fourth-order valence-corrected chi connectivity index (χ4v) is 11.6. The third-order valence-corrected chi connectivity index (χ3v) is 14.2. The van der Waals surface area contributed by atoms with Gasteiger partial charge in [0.25, 0.3) is 0 Å². The van der Waals surface area contributed by atoms with Crippen molar-refractivity contribution in [2.45, 2.75) is 24.1 Å². The Kier molecular flexibility index (Phi) is 10.3. The van der Waals surface area contributed by atoms with Crippen molar-refractivity contribution in [2.24, 2.45) is 23.2 Å². The van der Waals surface area contributed by atoms with Crippen molar-refractivity contribution in [3.05, 3.63) is 191 Å². The molecule has 2 saturated heterocycles. The van der Waals surface area contributed by atoms with E-state index in [1.165, 1.54) is 48.5 Å². The summed E-state index contributed by atoms with van der Waals surface area (Å²) in [5, 5.41) is 5.54. The van der Waals surface area contributed by atoms with E-state index >= 15 is 0 Å². The summed E-state index contributed by atoms with van der Waals surface area (Å²) in [4.78, 5) is 64.5. The highest BCUT2D eigenvalue weighted by atomic mass is 35.5. The molecule has 4 fully saturated rings. The summed E-state index contributed by atoms with van der Waals surface area (Å²) < 4.78 is 43.1. The van der Waals surface area contributed by atoms with Crippen LogP contribution in [0.5, 0.6) is 11.5 Å². The molecule has 2 saturated carbocycles. The van der Waals surface area contributed by atoms with Gasteiger partial charge in [-0.3, -0.25) is 19.2 Å². The molecule has 10 rings (SSSR count). The molecule has 6 aromatic carbocycles. The van der Waals surface area contributed by atoms with Gasteiger partial charge >= 0.3 is 12.4 Å². The summed E-state index contributed by atoms with van der Waals surface area (Å²) in [6, 6.07) is 37.5. The van der Waals surface area contributed by atoms with E-state index in [4.69, 9.17) is 62.8 Å². The number of fused-ring (bicyclic) bond motifs is 2. The number of carbonyl (C=O) groups excluding carboxylic acids is 4. The van der Waals surface area contributed by atoms with Crippen LogP contribution in [0.15, 0.2) is 133 Å². The molecule has 2 aliphatic heterocycles. The molecule has 2 aliphatic carbocycles. The predicted molar refractivity (Wildman–Crippen MR) is 242 cm³/mol. The van der Waals surface area contributed by atoms with Gasteiger partial charge in [-0.1, -0.05) is 107 Å². The normalized spacial score (nSPS) is 25.0. The largest absolute Gasteiger partial charge is 0.573 e. The highest BCUT2D eigenvalue weighted by molar-refractivity contribution is 6.37. The number of alkyl halides is 3. The molecule has 330 valence electrons. The molecule has 0 radical (unpaired) electrons. The van der Waals surface area contributed by atoms with Gasteiger partial charge in [-0.15, -0.1) is 18.0 Å². The van der Waals surface area contributed by atoms with Gasteiger partial charge in [0.05, 0.1) is 34.5 Å². The van der Waals surface area contributed by atoms with E-state index in [2.05, 4.69) is 15.8 Å². The van der Waals surface area contributed by atoms with Crippen molar-refractivity contribution in [1.82, 2.24) is 0 Å². The molecule has 4 amide bonds. The van der Waals surface area contributed by atoms with Gasteiger partial charge in [0, 0.05) is 35.9 Å². The molecule has 6 aromatic rings. The molecule has 1 unspecified atom stereocenters. The first-order chi connectivity index (χ1) is 31.4. The van der Waals surface area contributed by atoms with E-state index in [0.29, 0.717) is 33.0 Å². The molecule has 66 heavy (non-hydrogen) atoms. The Bertz CT molecular complexity index is 3060. The van der Waals surface area contributed by atoms with Crippen LogP contribution in [0.2, 0.25) is 25.1 Å². The van der Waals surface area contributed by atoms with Crippen LogP contribution in [0.3, 0.4) is 0 Å². The number of rotatable bonds is 8. The molecule has 17 heteroatoms.